The van der Waals surface area contributed by atoms with Crippen molar-refractivity contribution in [1.82, 2.24) is 15.2 Å². The summed E-state index contributed by atoms with van der Waals surface area (Å²) in [6, 6.07) is 8.50. The van der Waals surface area contributed by atoms with E-state index in [1.54, 1.807) is 6.20 Å². The van der Waals surface area contributed by atoms with Gasteiger partial charge in [0.1, 0.15) is 0 Å². The largest absolute Gasteiger partial charge is 0.398 e. The Morgan fingerprint density at radius 2 is 1.75 bits per heavy atom. The van der Waals surface area contributed by atoms with Crippen LogP contribution in [0, 0.1) is 0 Å². The van der Waals surface area contributed by atoms with Gasteiger partial charge in [0.05, 0.1) is 5.82 Å². The molecule has 5 N–H and O–H groups in total. The molecule has 3 rings (SSSR count). The van der Waals surface area contributed by atoms with Crippen LogP contribution in [0.4, 0.5) is 0 Å². The molecule has 1 aromatic heterocycles. The Bertz CT molecular complexity index is 894. The van der Waals surface area contributed by atoms with E-state index in [1.807, 2.05) is 36.5 Å². The highest BCUT2D eigenvalue weighted by Crippen LogP contribution is 2.31. The van der Waals surface area contributed by atoms with Crippen LogP contribution in [0.1, 0.15) is 46.1 Å². The Morgan fingerprint density at radius 1 is 1.07 bits per heavy atom. The van der Waals surface area contributed by atoms with Gasteiger partial charge < -0.3 is 21.7 Å². The maximum Gasteiger partial charge on any atom is 0.0987 e. The molecule has 150 valence electrons. The number of piperidine rings is 1. The highest BCUT2D eigenvalue weighted by molar-refractivity contribution is 5.85. The lowest BCUT2D eigenvalue weighted by Crippen LogP contribution is -2.61. The molecular formula is C23H33N5. The summed E-state index contributed by atoms with van der Waals surface area (Å²) in [6.07, 6.45) is 9.53. The van der Waals surface area contributed by atoms with E-state index >= 15 is 0 Å². The van der Waals surface area contributed by atoms with Crippen molar-refractivity contribution < 1.29 is 0 Å². The number of aromatic nitrogens is 1. The van der Waals surface area contributed by atoms with Crippen molar-refractivity contribution in [3.05, 3.63) is 60.2 Å². The van der Waals surface area contributed by atoms with Gasteiger partial charge >= 0.3 is 0 Å². The minimum absolute atomic E-state index is 0.0791. The number of hydrogen-bond donors (Lipinski definition) is 3. The highest BCUT2D eigenvalue weighted by Gasteiger charge is 2.39. The SMILES string of the molecule is CN(/C(N)=C/C=C(\N)c1ccc2cnccc2c1)C1CC(C)(C)NC(C)(C)C1. The zero-order chi connectivity index (χ0) is 20.5. The number of nitrogens with zero attached hydrogens (tertiary/aromatic N) is 2. The monoisotopic (exact) mass is 379 g/mol. The lowest BCUT2D eigenvalue weighted by molar-refractivity contribution is 0.0981. The van der Waals surface area contributed by atoms with Crippen molar-refractivity contribution in [2.24, 2.45) is 11.5 Å². The predicted molar refractivity (Wildman–Crippen MR) is 118 cm³/mol. The normalized spacial score (nSPS) is 20.3. The number of nitrogens with one attached hydrogen (secondary N) is 1. The molecule has 0 bridgehead atoms. The average Bonchev–Trinajstić information content (AvgIpc) is 2.62. The molecule has 2 aromatic rings. The van der Waals surface area contributed by atoms with Gasteiger partial charge in [-0.3, -0.25) is 4.98 Å². The van der Waals surface area contributed by atoms with Crippen LogP contribution in [-0.2, 0) is 0 Å². The van der Waals surface area contributed by atoms with E-state index in [0.29, 0.717) is 11.7 Å². The van der Waals surface area contributed by atoms with Gasteiger partial charge in [0, 0.05) is 47.6 Å². The number of pyridine rings is 1. The first-order valence-corrected chi connectivity index (χ1v) is 9.86. The summed E-state index contributed by atoms with van der Waals surface area (Å²) in [5.74, 6) is 0.728. The summed E-state index contributed by atoms with van der Waals surface area (Å²) < 4.78 is 0. The Hall–Kier alpha value is -2.53. The molecule has 2 heterocycles. The van der Waals surface area contributed by atoms with Crippen LogP contribution >= 0.6 is 0 Å². The van der Waals surface area contributed by atoms with E-state index < -0.39 is 0 Å². The summed E-state index contributed by atoms with van der Waals surface area (Å²) in [4.78, 5) is 6.33. The van der Waals surface area contributed by atoms with E-state index in [0.717, 1.165) is 35.0 Å². The van der Waals surface area contributed by atoms with Gasteiger partial charge in [-0.25, -0.2) is 0 Å². The lowest BCUT2D eigenvalue weighted by Gasteiger charge is -2.49. The van der Waals surface area contributed by atoms with Crippen molar-refractivity contribution >= 4 is 16.5 Å². The second-order valence-electron chi connectivity index (χ2n) is 9.22. The van der Waals surface area contributed by atoms with Gasteiger partial charge in [-0.15, -0.1) is 0 Å². The molecule has 0 radical (unpaired) electrons. The van der Waals surface area contributed by atoms with Gasteiger partial charge in [-0.1, -0.05) is 12.1 Å². The summed E-state index contributed by atoms with van der Waals surface area (Å²) in [7, 11) is 2.07. The van der Waals surface area contributed by atoms with Crippen LogP contribution in [0.25, 0.3) is 16.5 Å². The molecule has 0 aliphatic carbocycles. The van der Waals surface area contributed by atoms with Crippen molar-refractivity contribution in [1.29, 1.82) is 0 Å². The topological polar surface area (TPSA) is 80.2 Å². The number of fused-ring (bicyclic) bond motifs is 1. The van der Waals surface area contributed by atoms with Crippen LogP contribution < -0.4 is 16.8 Å². The van der Waals surface area contributed by atoms with Crippen LogP contribution in [0.3, 0.4) is 0 Å². The van der Waals surface area contributed by atoms with Gasteiger partial charge in [0.15, 0.2) is 0 Å². The first-order chi connectivity index (χ1) is 13.1. The molecule has 1 fully saturated rings. The maximum atomic E-state index is 6.40. The third-order valence-corrected chi connectivity index (χ3v) is 5.53. The fourth-order valence-electron chi connectivity index (χ4n) is 4.40. The molecule has 1 saturated heterocycles. The molecule has 0 atom stereocenters. The quantitative estimate of drug-likeness (QED) is 0.708. The van der Waals surface area contributed by atoms with Crippen molar-refractivity contribution in [2.45, 2.75) is 57.7 Å². The smallest absolute Gasteiger partial charge is 0.0987 e. The average molecular weight is 380 g/mol. The first kappa shape index (κ1) is 20.2. The number of benzene rings is 1. The van der Waals surface area contributed by atoms with Crippen molar-refractivity contribution in [3.63, 3.8) is 0 Å². The highest BCUT2D eigenvalue weighted by atomic mass is 15.2. The summed E-state index contributed by atoms with van der Waals surface area (Å²) in [5, 5.41) is 5.94. The number of allylic oxidation sites excluding steroid dienone is 2. The third kappa shape index (κ3) is 4.65. The third-order valence-electron chi connectivity index (χ3n) is 5.53. The Kier molecular flexibility index (Phi) is 5.39. The zero-order valence-electron chi connectivity index (χ0n) is 17.7. The Labute approximate surface area is 168 Å². The minimum atomic E-state index is 0.0791. The predicted octanol–water partition coefficient (Wildman–Crippen LogP) is 3.58. The van der Waals surface area contributed by atoms with Gasteiger partial charge in [0.25, 0.3) is 0 Å². The van der Waals surface area contributed by atoms with Crippen LogP contribution in [0.15, 0.2) is 54.6 Å². The molecule has 1 aliphatic heterocycles. The molecule has 28 heavy (non-hydrogen) atoms. The first-order valence-electron chi connectivity index (χ1n) is 9.86. The number of hydrogen-bond acceptors (Lipinski definition) is 5. The number of nitrogens with two attached hydrogens (primary N) is 2. The van der Waals surface area contributed by atoms with E-state index in [2.05, 4.69) is 56.0 Å². The van der Waals surface area contributed by atoms with Crippen LogP contribution in [0.2, 0.25) is 0 Å². The van der Waals surface area contributed by atoms with Crippen molar-refractivity contribution in [3.8, 4) is 0 Å². The number of rotatable bonds is 4. The Balaban J connectivity index is 1.77. The second-order valence-corrected chi connectivity index (χ2v) is 9.22. The van der Waals surface area contributed by atoms with Crippen molar-refractivity contribution in [2.75, 3.05) is 7.05 Å². The molecule has 1 aromatic carbocycles. The van der Waals surface area contributed by atoms with E-state index in [1.165, 1.54) is 0 Å². The maximum absolute atomic E-state index is 6.40. The van der Waals surface area contributed by atoms with Gasteiger partial charge in [-0.05, 0) is 75.8 Å². The van der Waals surface area contributed by atoms with Crippen LogP contribution in [0.5, 0.6) is 0 Å². The van der Waals surface area contributed by atoms with Gasteiger partial charge in [-0.2, -0.15) is 0 Å². The molecule has 0 unspecified atom stereocenters. The standard InChI is InChI=1S/C23H33N5/c1-22(2)13-19(14-23(3,4)27-22)28(5)21(25)9-8-20(24)17-6-7-18-15-26-11-10-16(18)12-17/h6-12,15,19,27H,13-14,24-25H2,1-5H3/b20-8-,21-9+. The molecule has 1 aliphatic rings. The van der Waals surface area contributed by atoms with E-state index in [4.69, 9.17) is 11.5 Å². The fraction of sp³-hybridized carbons (Fsp3) is 0.435. The molecule has 0 spiro atoms. The minimum Gasteiger partial charge on any atom is -0.398 e. The summed E-state index contributed by atoms with van der Waals surface area (Å²) >= 11 is 0. The Morgan fingerprint density at radius 3 is 2.43 bits per heavy atom. The molecule has 0 saturated carbocycles. The lowest BCUT2D eigenvalue weighted by atomic mass is 9.79. The van der Waals surface area contributed by atoms with Crippen LogP contribution in [-0.4, -0.2) is 34.1 Å². The fourth-order valence-corrected chi connectivity index (χ4v) is 4.40. The molecule has 0 amide bonds. The van der Waals surface area contributed by atoms with E-state index in [9.17, 15) is 0 Å². The molecule has 5 nitrogen and oxygen atoms in total. The second kappa shape index (κ2) is 7.47. The van der Waals surface area contributed by atoms with E-state index in [-0.39, 0.29) is 11.1 Å². The van der Waals surface area contributed by atoms with Gasteiger partial charge in [0.2, 0.25) is 0 Å². The molecular weight excluding hydrogens is 346 g/mol. The molecule has 5 heteroatoms. The zero-order valence-corrected chi connectivity index (χ0v) is 17.7. The summed E-state index contributed by atoms with van der Waals surface area (Å²) in [6.45, 7) is 9.01. The summed E-state index contributed by atoms with van der Waals surface area (Å²) in [5.41, 5.74) is 14.6.